The standard InChI is InChI=1S/C22H29NO4/c1-14(2)19-12-20(15(3)10-21(19)26-6)16(4)23-22(24)13-27-18-9-7-8-17(11-18)25-5/h7-12,14,16H,13H2,1-6H3,(H,23,24)/t16-/m1/s1. The molecule has 1 N–H and O–H groups in total. The molecule has 27 heavy (non-hydrogen) atoms. The molecular formula is C22H29NO4. The van der Waals surface area contributed by atoms with E-state index in [2.05, 4.69) is 25.2 Å². The largest absolute Gasteiger partial charge is 0.497 e. The summed E-state index contributed by atoms with van der Waals surface area (Å²) in [6, 6.07) is 11.2. The van der Waals surface area contributed by atoms with Crippen molar-refractivity contribution in [2.24, 2.45) is 0 Å². The molecule has 0 aliphatic rings. The molecule has 0 aliphatic carbocycles. The van der Waals surface area contributed by atoms with Gasteiger partial charge in [-0.15, -0.1) is 0 Å². The van der Waals surface area contributed by atoms with Crippen LogP contribution in [-0.2, 0) is 4.79 Å². The highest BCUT2D eigenvalue weighted by molar-refractivity contribution is 5.78. The molecular weight excluding hydrogens is 342 g/mol. The Morgan fingerprint density at radius 2 is 1.70 bits per heavy atom. The van der Waals surface area contributed by atoms with Crippen LogP contribution in [0, 0.1) is 6.92 Å². The summed E-state index contributed by atoms with van der Waals surface area (Å²) in [6.07, 6.45) is 0. The third-order valence-corrected chi connectivity index (χ3v) is 4.50. The van der Waals surface area contributed by atoms with Crippen molar-refractivity contribution in [2.75, 3.05) is 20.8 Å². The van der Waals surface area contributed by atoms with Crippen LogP contribution in [0.5, 0.6) is 17.2 Å². The minimum Gasteiger partial charge on any atom is -0.497 e. The lowest BCUT2D eigenvalue weighted by Crippen LogP contribution is -2.31. The van der Waals surface area contributed by atoms with E-state index in [4.69, 9.17) is 14.2 Å². The van der Waals surface area contributed by atoms with Gasteiger partial charge in [0.2, 0.25) is 0 Å². The molecule has 0 radical (unpaired) electrons. The predicted molar refractivity (Wildman–Crippen MR) is 107 cm³/mol. The molecule has 0 saturated heterocycles. The van der Waals surface area contributed by atoms with Crippen molar-refractivity contribution < 1.29 is 19.0 Å². The minimum atomic E-state index is -0.174. The van der Waals surface area contributed by atoms with E-state index >= 15 is 0 Å². The van der Waals surface area contributed by atoms with Gasteiger partial charge in [0, 0.05) is 6.07 Å². The summed E-state index contributed by atoms with van der Waals surface area (Å²) in [5.74, 6) is 2.33. The zero-order valence-corrected chi connectivity index (χ0v) is 17.0. The van der Waals surface area contributed by atoms with Crippen molar-refractivity contribution in [3.8, 4) is 17.2 Å². The van der Waals surface area contributed by atoms with Crippen LogP contribution >= 0.6 is 0 Å². The summed E-state index contributed by atoms with van der Waals surface area (Å²) < 4.78 is 16.2. The van der Waals surface area contributed by atoms with E-state index in [9.17, 15) is 4.79 Å². The molecule has 0 saturated carbocycles. The second-order valence-electron chi connectivity index (χ2n) is 6.86. The number of methoxy groups -OCH3 is 2. The Bertz CT molecular complexity index is 786. The van der Waals surface area contributed by atoms with Crippen molar-refractivity contribution in [3.63, 3.8) is 0 Å². The molecule has 0 bridgehead atoms. The molecule has 5 heteroatoms. The highest BCUT2D eigenvalue weighted by atomic mass is 16.5. The van der Waals surface area contributed by atoms with Crippen LogP contribution in [0.25, 0.3) is 0 Å². The van der Waals surface area contributed by atoms with Crippen LogP contribution in [0.4, 0.5) is 0 Å². The van der Waals surface area contributed by atoms with Crippen LogP contribution in [0.2, 0.25) is 0 Å². The predicted octanol–water partition coefficient (Wildman–Crippen LogP) is 4.39. The maximum Gasteiger partial charge on any atom is 0.258 e. The summed E-state index contributed by atoms with van der Waals surface area (Å²) in [7, 11) is 3.28. The van der Waals surface area contributed by atoms with E-state index in [1.165, 1.54) is 0 Å². The van der Waals surface area contributed by atoms with Crippen molar-refractivity contribution in [1.82, 2.24) is 5.32 Å². The number of hydrogen-bond acceptors (Lipinski definition) is 4. The molecule has 0 heterocycles. The zero-order valence-electron chi connectivity index (χ0n) is 17.0. The number of carbonyl (C=O) groups excluding carboxylic acids is 1. The molecule has 2 aromatic carbocycles. The highest BCUT2D eigenvalue weighted by Gasteiger charge is 2.17. The first-order valence-corrected chi connectivity index (χ1v) is 9.10. The summed E-state index contributed by atoms with van der Waals surface area (Å²) in [5.41, 5.74) is 3.29. The highest BCUT2D eigenvalue weighted by Crippen LogP contribution is 2.32. The average molecular weight is 371 g/mol. The quantitative estimate of drug-likeness (QED) is 0.748. The van der Waals surface area contributed by atoms with Crippen molar-refractivity contribution in [2.45, 2.75) is 39.7 Å². The van der Waals surface area contributed by atoms with Gasteiger partial charge in [-0.05, 0) is 60.7 Å². The van der Waals surface area contributed by atoms with E-state index in [-0.39, 0.29) is 18.6 Å². The number of nitrogens with one attached hydrogen (secondary N) is 1. The maximum absolute atomic E-state index is 12.3. The molecule has 5 nitrogen and oxygen atoms in total. The Labute approximate surface area is 161 Å². The number of rotatable bonds is 8. The summed E-state index contributed by atoms with van der Waals surface area (Å²) >= 11 is 0. The van der Waals surface area contributed by atoms with Gasteiger partial charge in [0.1, 0.15) is 17.2 Å². The van der Waals surface area contributed by atoms with Gasteiger partial charge in [0.15, 0.2) is 6.61 Å². The molecule has 0 aromatic heterocycles. The van der Waals surface area contributed by atoms with Gasteiger partial charge < -0.3 is 19.5 Å². The van der Waals surface area contributed by atoms with Gasteiger partial charge in [0.25, 0.3) is 5.91 Å². The van der Waals surface area contributed by atoms with Crippen LogP contribution < -0.4 is 19.5 Å². The second kappa shape index (κ2) is 9.31. The van der Waals surface area contributed by atoms with E-state index in [1.807, 2.05) is 32.0 Å². The molecule has 2 rings (SSSR count). The lowest BCUT2D eigenvalue weighted by molar-refractivity contribution is -0.123. The van der Waals surface area contributed by atoms with Gasteiger partial charge in [-0.3, -0.25) is 4.79 Å². The van der Waals surface area contributed by atoms with E-state index < -0.39 is 0 Å². The lowest BCUT2D eigenvalue weighted by Gasteiger charge is -2.21. The number of aryl methyl sites for hydroxylation is 1. The van der Waals surface area contributed by atoms with Gasteiger partial charge in [0.05, 0.1) is 20.3 Å². The minimum absolute atomic E-state index is 0.0518. The number of carbonyl (C=O) groups is 1. The lowest BCUT2D eigenvalue weighted by atomic mass is 9.93. The van der Waals surface area contributed by atoms with Gasteiger partial charge in [-0.1, -0.05) is 19.9 Å². The molecule has 146 valence electrons. The Morgan fingerprint density at radius 1 is 1.00 bits per heavy atom. The smallest absolute Gasteiger partial charge is 0.258 e. The van der Waals surface area contributed by atoms with Crippen LogP contribution in [0.3, 0.4) is 0 Å². The number of ether oxygens (including phenoxy) is 3. The monoisotopic (exact) mass is 371 g/mol. The number of hydrogen-bond donors (Lipinski definition) is 1. The molecule has 2 aromatic rings. The normalized spacial score (nSPS) is 11.8. The fourth-order valence-electron chi connectivity index (χ4n) is 3.01. The molecule has 0 unspecified atom stereocenters. The van der Waals surface area contributed by atoms with Gasteiger partial charge >= 0.3 is 0 Å². The summed E-state index contributed by atoms with van der Waals surface area (Å²) in [4.78, 5) is 12.3. The first-order valence-electron chi connectivity index (χ1n) is 9.10. The Morgan fingerprint density at radius 3 is 2.33 bits per heavy atom. The molecule has 0 spiro atoms. The van der Waals surface area contributed by atoms with Crippen LogP contribution in [0.15, 0.2) is 36.4 Å². The fraction of sp³-hybridized carbons (Fsp3) is 0.409. The van der Waals surface area contributed by atoms with Crippen molar-refractivity contribution in [3.05, 3.63) is 53.1 Å². The van der Waals surface area contributed by atoms with E-state index in [0.29, 0.717) is 17.4 Å². The summed E-state index contributed by atoms with van der Waals surface area (Å²) in [5, 5.41) is 3.00. The van der Waals surface area contributed by atoms with Crippen molar-refractivity contribution in [1.29, 1.82) is 0 Å². The van der Waals surface area contributed by atoms with E-state index in [1.54, 1.807) is 26.4 Å². The Hall–Kier alpha value is -2.69. The Kier molecular flexibility index (Phi) is 7.11. The molecule has 0 fully saturated rings. The van der Waals surface area contributed by atoms with Crippen molar-refractivity contribution >= 4 is 5.91 Å². The second-order valence-corrected chi connectivity index (χ2v) is 6.86. The molecule has 1 atom stereocenters. The van der Waals surface area contributed by atoms with Crippen LogP contribution in [0.1, 0.15) is 49.4 Å². The van der Waals surface area contributed by atoms with Gasteiger partial charge in [-0.2, -0.15) is 0 Å². The summed E-state index contributed by atoms with van der Waals surface area (Å²) in [6.45, 7) is 8.20. The average Bonchev–Trinajstić information content (AvgIpc) is 2.65. The topological polar surface area (TPSA) is 56.8 Å². The number of amides is 1. The first-order chi connectivity index (χ1) is 12.8. The van der Waals surface area contributed by atoms with E-state index in [0.717, 1.165) is 22.4 Å². The third kappa shape index (κ3) is 5.39. The Balaban J connectivity index is 2.04. The SMILES string of the molecule is COc1cccc(OCC(=O)N[C@H](C)c2cc(C(C)C)c(OC)cc2C)c1. The fourth-order valence-corrected chi connectivity index (χ4v) is 3.01. The number of benzene rings is 2. The zero-order chi connectivity index (χ0) is 20.0. The van der Waals surface area contributed by atoms with Gasteiger partial charge in [-0.25, -0.2) is 0 Å². The van der Waals surface area contributed by atoms with Crippen LogP contribution in [-0.4, -0.2) is 26.7 Å². The molecule has 0 aliphatic heterocycles. The molecule has 1 amide bonds. The maximum atomic E-state index is 12.3. The third-order valence-electron chi connectivity index (χ3n) is 4.50. The first kappa shape index (κ1) is 20.6.